The molecule has 1 amide bonds. The Hall–Kier alpha value is -3.07. The number of nitrogens with zero attached hydrogens (tertiary/aromatic N) is 5. The molecule has 2 aliphatic heterocycles. The SMILES string of the molecule is COc1ccccc1OCC(=O)N1CCN(c2cc(C)nc(N3CCOCC3)n2)CC1. The first-order valence-electron chi connectivity index (χ1n) is 10.6. The van der Waals surface area contributed by atoms with Gasteiger partial charge in [-0.25, -0.2) is 4.98 Å². The Morgan fingerprint density at radius 3 is 2.42 bits per heavy atom. The highest BCUT2D eigenvalue weighted by Gasteiger charge is 2.24. The Balaban J connectivity index is 1.33. The molecule has 9 nitrogen and oxygen atoms in total. The number of piperazine rings is 1. The average molecular weight is 428 g/mol. The molecule has 0 N–H and O–H groups in total. The van der Waals surface area contributed by atoms with Gasteiger partial charge in [-0.2, -0.15) is 4.98 Å². The summed E-state index contributed by atoms with van der Waals surface area (Å²) in [6.45, 7) is 7.69. The van der Waals surface area contributed by atoms with Crippen LogP contribution in [0.1, 0.15) is 5.69 Å². The van der Waals surface area contributed by atoms with Crippen LogP contribution in [0.4, 0.5) is 11.8 Å². The molecule has 2 aliphatic rings. The predicted molar refractivity (Wildman–Crippen MR) is 117 cm³/mol. The predicted octanol–water partition coefficient (Wildman–Crippen LogP) is 1.36. The van der Waals surface area contributed by atoms with Crippen LogP contribution in [0.2, 0.25) is 0 Å². The van der Waals surface area contributed by atoms with Crippen molar-refractivity contribution >= 4 is 17.7 Å². The van der Waals surface area contributed by atoms with Crippen molar-refractivity contribution in [3.8, 4) is 11.5 Å². The van der Waals surface area contributed by atoms with Gasteiger partial charge in [-0.3, -0.25) is 4.79 Å². The number of anilines is 2. The number of carbonyl (C=O) groups excluding carboxylic acids is 1. The molecule has 9 heteroatoms. The number of para-hydroxylation sites is 2. The number of hydrogen-bond acceptors (Lipinski definition) is 8. The number of amides is 1. The number of hydrogen-bond donors (Lipinski definition) is 0. The van der Waals surface area contributed by atoms with Crippen LogP contribution in [0.25, 0.3) is 0 Å². The number of aromatic nitrogens is 2. The molecule has 0 unspecified atom stereocenters. The van der Waals surface area contributed by atoms with E-state index in [1.807, 2.05) is 36.1 Å². The molecule has 0 bridgehead atoms. The molecule has 0 saturated carbocycles. The molecule has 4 rings (SSSR count). The van der Waals surface area contributed by atoms with Crippen LogP contribution < -0.4 is 19.3 Å². The number of carbonyl (C=O) groups is 1. The highest BCUT2D eigenvalue weighted by Crippen LogP contribution is 2.26. The topological polar surface area (TPSA) is 80.3 Å². The fraction of sp³-hybridized carbons (Fsp3) is 0.500. The van der Waals surface area contributed by atoms with Crippen LogP contribution in [0.5, 0.6) is 11.5 Å². The second-order valence-electron chi connectivity index (χ2n) is 7.57. The van der Waals surface area contributed by atoms with E-state index in [1.54, 1.807) is 13.2 Å². The van der Waals surface area contributed by atoms with E-state index in [-0.39, 0.29) is 12.5 Å². The third kappa shape index (κ3) is 5.16. The molecule has 1 aromatic heterocycles. The molecule has 0 spiro atoms. The summed E-state index contributed by atoms with van der Waals surface area (Å²) in [5.41, 5.74) is 0.940. The van der Waals surface area contributed by atoms with Gasteiger partial charge in [0.2, 0.25) is 5.95 Å². The van der Waals surface area contributed by atoms with E-state index >= 15 is 0 Å². The summed E-state index contributed by atoms with van der Waals surface area (Å²) in [7, 11) is 1.59. The third-order valence-electron chi connectivity index (χ3n) is 5.50. The summed E-state index contributed by atoms with van der Waals surface area (Å²) in [6.07, 6.45) is 0. The normalized spacial score (nSPS) is 16.9. The lowest BCUT2D eigenvalue weighted by atomic mass is 10.3. The Morgan fingerprint density at radius 2 is 1.71 bits per heavy atom. The van der Waals surface area contributed by atoms with Crippen LogP contribution in [0, 0.1) is 6.92 Å². The quantitative estimate of drug-likeness (QED) is 0.684. The molecule has 166 valence electrons. The maximum Gasteiger partial charge on any atom is 0.260 e. The number of rotatable bonds is 6. The molecule has 1 aromatic carbocycles. The van der Waals surface area contributed by atoms with Gasteiger partial charge in [-0.05, 0) is 19.1 Å². The fourth-order valence-corrected chi connectivity index (χ4v) is 3.76. The molecule has 2 aromatic rings. The zero-order chi connectivity index (χ0) is 21.6. The Bertz CT molecular complexity index is 895. The van der Waals surface area contributed by atoms with Crippen molar-refractivity contribution in [3.05, 3.63) is 36.0 Å². The lowest BCUT2D eigenvalue weighted by molar-refractivity contribution is -0.133. The molecular weight excluding hydrogens is 398 g/mol. The van der Waals surface area contributed by atoms with E-state index < -0.39 is 0 Å². The number of benzene rings is 1. The lowest BCUT2D eigenvalue weighted by Crippen LogP contribution is -2.50. The van der Waals surface area contributed by atoms with Crippen molar-refractivity contribution in [2.45, 2.75) is 6.92 Å². The minimum Gasteiger partial charge on any atom is -0.493 e. The Labute approximate surface area is 182 Å². The van der Waals surface area contributed by atoms with Gasteiger partial charge >= 0.3 is 0 Å². The molecule has 3 heterocycles. The number of ether oxygens (including phenoxy) is 3. The van der Waals surface area contributed by atoms with Gasteiger partial charge in [0.15, 0.2) is 18.1 Å². The summed E-state index contributed by atoms with van der Waals surface area (Å²) in [5.74, 6) is 2.83. The minimum absolute atomic E-state index is 0.00579. The van der Waals surface area contributed by atoms with E-state index in [4.69, 9.17) is 19.2 Å². The highest BCUT2D eigenvalue weighted by atomic mass is 16.5. The number of morpholine rings is 1. The van der Waals surface area contributed by atoms with E-state index in [2.05, 4.69) is 14.8 Å². The zero-order valence-electron chi connectivity index (χ0n) is 18.1. The standard InChI is InChI=1S/C22H29N5O4/c1-17-15-20(24-22(23-17)27-11-13-30-14-12-27)25-7-9-26(10-8-25)21(28)16-31-19-6-4-3-5-18(19)29-2/h3-6,15H,7-14,16H2,1-2H3. The van der Waals surface area contributed by atoms with Gasteiger partial charge in [0, 0.05) is 51.0 Å². The van der Waals surface area contributed by atoms with E-state index in [0.29, 0.717) is 37.8 Å². The average Bonchev–Trinajstić information content (AvgIpc) is 2.83. The summed E-state index contributed by atoms with van der Waals surface area (Å²) in [5, 5.41) is 0. The first-order valence-corrected chi connectivity index (χ1v) is 10.6. The molecule has 2 fully saturated rings. The number of aryl methyl sites for hydroxylation is 1. The van der Waals surface area contributed by atoms with E-state index in [1.165, 1.54) is 0 Å². The maximum absolute atomic E-state index is 12.6. The van der Waals surface area contributed by atoms with Gasteiger partial charge < -0.3 is 28.9 Å². The highest BCUT2D eigenvalue weighted by molar-refractivity contribution is 5.78. The van der Waals surface area contributed by atoms with Gasteiger partial charge in [-0.1, -0.05) is 12.1 Å². The minimum atomic E-state index is -0.0292. The molecule has 2 saturated heterocycles. The maximum atomic E-state index is 12.6. The first kappa shape index (κ1) is 21.2. The Kier molecular flexibility index (Phi) is 6.71. The summed E-state index contributed by atoms with van der Waals surface area (Å²) in [6, 6.07) is 9.34. The van der Waals surface area contributed by atoms with Crippen LogP contribution in [0.3, 0.4) is 0 Å². The van der Waals surface area contributed by atoms with Gasteiger partial charge in [0.25, 0.3) is 5.91 Å². The van der Waals surface area contributed by atoms with Crippen molar-refractivity contribution < 1.29 is 19.0 Å². The van der Waals surface area contributed by atoms with Crippen molar-refractivity contribution in [3.63, 3.8) is 0 Å². The first-order chi connectivity index (χ1) is 15.1. The van der Waals surface area contributed by atoms with Crippen molar-refractivity contribution in [1.29, 1.82) is 0 Å². The Morgan fingerprint density at radius 1 is 1.00 bits per heavy atom. The summed E-state index contributed by atoms with van der Waals surface area (Å²) >= 11 is 0. The summed E-state index contributed by atoms with van der Waals surface area (Å²) in [4.78, 5) is 28.2. The molecule has 0 aliphatic carbocycles. The van der Waals surface area contributed by atoms with Crippen LogP contribution >= 0.6 is 0 Å². The summed E-state index contributed by atoms with van der Waals surface area (Å²) < 4.78 is 16.4. The van der Waals surface area contributed by atoms with Crippen LogP contribution in [0.15, 0.2) is 30.3 Å². The fourth-order valence-electron chi connectivity index (χ4n) is 3.76. The van der Waals surface area contributed by atoms with Crippen LogP contribution in [-0.4, -0.2) is 87.0 Å². The molecule has 0 atom stereocenters. The third-order valence-corrected chi connectivity index (χ3v) is 5.50. The molecule has 0 radical (unpaired) electrons. The van der Waals surface area contributed by atoms with Crippen LogP contribution in [-0.2, 0) is 9.53 Å². The zero-order valence-corrected chi connectivity index (χ0v) is 18.1. The lowest BCUT2D eigenvalue weighted by Gasteiger charge is -2.36. The number of methoxy groups -OCH3 is 1. The molecule has 31 heavy (non-hydrogen) atoms. The van der Waals surface area contributed by atoms with E-state index in [0.717, 1.165) is 43.6 Å². The van der Waals surface area contributed by atoms with E-state index in [9.17, 15) is 4.79 Å². The smallest absolute Gasteiger partial charge is 0.260 e. The van der Waals surface area contributed by atoms with Gasteiger partial charge in [0.05, 0.1) is 20.3 Å². The van der Waals surface area contributed by atoms with Gasteiger partial charge in [0.1, 0.15) is 5.82 Å². The second-order valence-corrected chi connectivity index (χ2v) is 7.57. The molecular formula is C22H29N5O4. The monoisotopic (exact) mass is 427 g/mol. The second kappa shape index (κ2) is 9.82. The van der Waals surface area contributed by atoms with Crippen molar-refractivity contribution in [2.75, 3.05) is 76.0 Å². The largest absolute Gasteiger partial charge is 0.493 e. The van der Waals surface area contributed by atoms with Gasteiger partial charge in [-0.15, -0.1) is 0 Å². The van der Waals surface area contributed by atoms with Crippen molar-refractivity contribution in [1.82, 2.24) is 14.9 Å². The van der Waals surface area contributed by atoms with Crippen molar-refractivity contribution in [2.24, 2.45) is 0 Å².